The van der Waals surface area contributed by atoms with E-state index in [1.54, 1.807) is 43.1 Å². The minimum atomic E-state index is -0.358. The van der Waals surface area contributed by atoms with Crippen molar-refractivity contribution in [2.45, 2.75) is 19.4 Å². The van der Waals surface area contributed by atoms with Gasteiger partial charge in [-0.2, -0.15) is 5.10 Å². The molecule has 1 aliphatic rings. The van der Waals surface area contributed by atoms with Crippen molar-refractivity contribution in [1.82, 2.24) is 29.4 Å². The van der Waals surface area contributed by atoms with E-state index in [1.165, 1.54) is 0 Å². The van der Waals surface area contributed by atoms with Crippen LogP contribution in [0.2, 0.25) is 0 Å². The van der Waals surface area contributed by atoms with Crippen LogP contribution in [-0.4, -0.2) is 56.9 Å². The molecule has 1 aliphatic heterocycles. The Morgan fingerprint density at radius 2 is 1.69 bits per heavy atom. The molecule has 12 nitrogen and oxygen atoms in total. The molecule has 6 aromatic rings. The van der Waals surface area contributed by atoms with Crippen molar-refractivity contribution in [1.29, 1.82) is 0 Å². The van der Waals surface area contributed by atoms with Gasteiger partial charge in [0.1, 0.15) is 12.1 Å². The predicted octanol–water partition coefficient (Wildman–Crippen LogP) is 5.48. The lowest BCUT2D eigenvalue weighted by atomic mass is 9.84. The number of oxime groups is 1. The molecule has 3 aromatic heterocycles. The van der Waals surface area contributed by atoms with Gasteiger partial charge in [0.05, 0.1) is 56.0 Å². The van der Waals surface area contributed by atoms with Crippen molar-refractivity contribution in [3.8, 4) is 34.7 Å². The number of para-hydroxylation sites is 1. The van der Waals surface area contributed by atoms with Crippen molar-refractivity contribution < 1.29 is 23.8 Å². The molecule has 7 rings (SSSR count). The number of benzene rings is 3. The Hall–Kier alpha value is -5.91. The van der Waals surface area contributed by atoms with Crippen molar-refractivity contribution >= 4 is 11.9 Å². The van der Waals surface area contributed by atoms with Crippen LogP contribution in [0.1, 0.15) is 39.7 Å². The highest BCUT2D eigenvalue weighted by molar-refractivity contribution is 5.79. The summed E-state index contributed by atoms with van der Waals surface area (Å²) in [6.45, 7) is 2.03. The number of nitrogens with zero attached hydrogens (tertiary/aromatic N) is 7. The van der Waals surface area contributed by atoms with Gasteiger partial charge in [0, 0.05) is 0 Å². The first kappa shape index (κ1) is 27.9. The first-order chi connectivity index (χ1) is 22.1. The Kier molecular flexibility index (Phi) is 7.22. The van der Waals surface area contributed by atoms with Gasteiger partial charge in [-0.25, -0.2) is 19.2 Å². The van der Waals surface area contributed by atoms with Crippen LogP contribution in [0.5, 0.6) is 29.0 Å². The number of hydrogen-bond donors (Lipinski definition) is 0. The van der Waals surface area contributed by atoms with Crippen LogP contribution in [0.15, 0.2) is 84.3 Å². The first-order valence-corrected chi connectivity index (χ1v) is 14.2. The molecule has 1 atom stereocenters. The minimum absolute atomic E-state index is 0.0568. The molecule has 0 fully saturated rings. The molecular formula is C33H29N7O5. The first-order valence-electron chi connectivity index (χ1n) is 14.2. The van der Waals surface area contributed by atoms with E-state index >= 15 is 0 Å². The highest BCUT2D eigenvalue weighted by Gasteiger charge is 2.38. The number of aryl methyl sites for hydroxylation is 1. The van der Waals surface area contributed by atoms with E-state index in [9.17, 15) is 0 Å². The lowest BCUT2D eigenvalue weighted by Gasteiger charge is -2.26. The van der Waals surface area contributed by atoms with Gasteiger partial charge in [-0.05, 0) is 66.6 Å². The second-order valence-corrected chi connectivity index (χ2v) is 10.2. The molecule has 0 N–H and O–H groups in total. The van der Waals surface area contributed by atoms with Crippen molar-refractivity contribution in [2.24, 2.45) is 5.16 Å². The predicted molar refractivity (Wildman–Crippen MR) is 165 cm³/mol. The molecule has 12 heteroatoms. The summed E-state index contributed by atoms with van der Waals surface area (Å²) in [6, 6.07) is 23.2. The molecule has 4 heterocycles. The average molecular weight is 604 g/mol. The van der Waals surface area contributed by atoms with Crippen LogP contribution in [0.4, 0.5) is 0 Å². The van der Waals surface area contributed by atoms with Gasteiger partial charge in [0.2, 0.25) is 11.8 Å². The second kappa shape index (κ2) is 11.6. The van der Waals surface area contributed by atoms with E-state index in [2.05, 4.69) is 15.2 Å². The van der Waals surface area contributed by atoms with E-state index in [-0.39, 0.29) is 12.5 Å². The Labute approximate surface area is 258 Å². The fraction of sp³-hybridized carbons (Fsp3) is 0.182. The summed E-state index contributed by atoms with van der Waals surface area (Å²) in [7, 11) is 4.85. The zero-order valence-corrected chi connectivity index (χ0v) is 25.0. The molecule has 0 bridgehead atoms. The quantitative estimate of drug-likeness (QED) is 0.156. The van der Waals surface area contributed by atoms with Gasteiger partial charge in [0.25, 0.3) is 0 Å². The minimum Gasteiger partial charge on any atom is -0.497 e. The molecule has 0 saturated heterocycles. The van der Waals surface area contributed by atoms with Crippen LogP contribution in [0.3, 0.4) is 0 Å². The largest absolute Gasteiger partial charge is 0.497 e. The summed E-state index contributed by atoms with van der Waals surface area (Å²) in [5.41, 5.74) is 5.68. The Balaban J connectivity index is 1.30. The summed E-state index contributed by atoms with van der Waals surface area (Å²) in [6.07, 6.45) is 3.20. The lowest BCUT2D eigenvalue weighted by Crippen LogP contribution is -2.16. The lowest BCUT2D eigenvalue weighted by molar-refractivity contribution is 0.126. The van der Waals surface area contributed by atoms with Crippen molar-refractivity contribution in [3.63, 3.8) is 0 Å². The van der Waals surface area contributed by atoms with Gasteiger partial charge in [-0.15, -0.1) is 5.10 Å². The van der Waals surface area contributed by atoms with Gasteiger partial charge >= 0.3 is 0 Å². The third kappa shape index (κ3) is 5.05. The number of hydrogen-bond acceptors (Lipinski definition) is 10. The Bertz CT molecular complexity index is 2020. The molecule has 0 spiro atoms. The van der Waals surface area contributed by atoms with E-state index in [0.29, 0.717) is 34.7 Å². The highest BCUT2D eigenvalue weighted by Crippen LogP contribution is 2.50. The van der Waals surface area contributed by atoms with Crippen LogP contribution < -0.4 is 18.9 Å². The van der Waals surface area contributed by atoms with E-state index in [1.807, 2.05) is 79.7 Å². The van der Waals surface area contributed by atoms with Gasteiger partial charge in [-0.3, -0.25) is 0 Å². The zero-order chi connectivity index (χ0) is 30.9. The molecule has 45 heavy (non-hydrogen) atoms. The zero-order valence-electron chi connectivity index (χ0n) is 25.0. The molecule has 0 amide bonds. The summed E-state index contributed by atoms with van der Waals surface area (Å²) >= 11 is 0. The van der Waals surface area contributed by atoms with Crippen LogP contribution >= 0.6 is 0 Å². The normalized spacial score (nSPS) is 13.7. The van der Waals surface area contributed by atoms with Gasteiger partial charge < -0.3 is 23.8 Å². The molecule has 0 aliphatic carbocycles. The number of rotatable bonds is 9. The Morgan fingerprint density at radius 3 is 2.44 bits per heavy atom. The third-order valence-electron chi connectivity index (χ3n) is 7.59. The van der Waals surface area contributed by atoms with Crippen molar-refractivity contribution in [2.75, 3.05) is 21.3 Å². The van der Waals surface area contributed by atoms with E-state index in [4.69, 9.17) is 33.9 Å². The smallest absolute Gasteiger partial charge is 0.230 e. The SMILES string of the molecule is COc1ccc(C=NOCc2nc3c4c(ncn3n2)Oc2c(c(C)nn2-c2ccccc2)C4c2ccc(OC)c(OC)c2)cc1. The Morgan fingerprint density at radius 1 is 0.889 bits per heavy atom. The maximum Gasteiger partial charge on any atom is 0.230 e. The number of aromatic nitrogens is 6. The summed E-state index contributed by atoms with van der Waals surface area (Å²) in [5.74, 6) is 3.06. The molecule has 226 valence electrons. The van der Waals surface area contributed by atoms with Crippen molar-refractivity contribution in [3.05, 3.63) is 113 Å². The number of fused-ring (bicyclic) bond motifs is 4. The van der Waals surface area contributed by atoms with E-state index in [0.717, 1.165) is 39.4 Å². The molecular weight excluding hydrogens is 574 g/mol. The monoisotopic (exact) mass is 603 g/mol. The van der Waals surface area contributed by atoms with Crippen LogP contribution in [0.25, 0.3) is 11.3 Å². The maximum absolute atomic E-state index is 6.51. The number of ether oxygens (including phenoxy) is 4. The molecule has 0 radical (unpaired) electrons. The highest BCUT2D eigenvalue weighted by atomic mass is 16.6. The fourth-order valence-corrected chi connectivity index (χ4v) is 5.48. The van der Waals surface area contributed by atoms with Gasteiger partial charge in [0.15, 0.2) is 29.6 Å². The fourth-order valence-electron chi connectivity index (χ4n) is 5.48. The van der Waals surface area contributed by atoms with E-state index < -0.39 is 0 Å². The number of methoxy groups -OCH3 is 3. The molecule has 3 aromatic carbocycles. The summed E-state index contributed by atoms with van der Waals surface area (Å²) < 4.78 is 26.3. The van der Waals surface area contributed by atoms with Gasteiger partial charge in [-0.1, -0.05) is 29.4 Å². The summed E-state index contributed by atoms with van der Waals surface area (Å²) in [4.78, 5) is 15.1. The summed E-state index contributed by atoms with van der Waals surface area (Å²) in [5, 5.41) is 13.6. The van der Waals surface area contributed by atoms with Crippen LogP contribution in [0, 0.1) is 6.92 Å². The maximum atomic E-state index is 6.51. The standard InChI is InChI=1S/C33H29N7O5/c1-20-28-29(22-12-15-25(42-3)26(16-22)43-4)30-31-36-27(18-44-35-17-21-10-13-24(41-2)14-11-21)38-39(31)19-34-32(30)45-33(28)40(37-20)23-8-6-5-7-9-23/h5-17,19,29H,18H2,1-4H3. The average Bonchev–Trinajstić information content (AvgIpc) is 3.66. The topological polar surface area (TPSA) is 119 Å². The second-order valence-electron chi connectivity index (χ2n) is 10.2. The molecule has 0 saturated carbocycles. The third-order valence-corrected chi connectivity index (χ3v) is 7.59. The molecule has 1 unspecified atom stereocenters. The van der Waals surface area contributed by atoms with Crippen LogP contribution in [-0.2, 0) is 11.4 Å².